The highest BCUT2D eigenvalue weighted by Crippen LogP contribution is 2.36. The summed E-state index contributed by atoms with van der Waals surface area (Å²) in [6.07, 6.45) is 4.78. The van der Waals surface area contributed by atoms with E-state index in [0.29, 0.717) is 19.1 Å². The van der Waals surface area contributed by atoms with Gasteiger partial charge in [-0.2, -0.15) is 0 Å². The quantitative estimate of drug-likeness (QED) is 0.786. The molecule has 2 atom stereocenters. The molecule has 1 aromatic rings. The van der Waals surface area contributed by atoms with Gasteiger partial charge in [0, 0.05) is 12.3 Å². The van der Waals surface area contributed by atoms with E-state index < -0.39 is 5.60 Å². The number of carbonyl (C=O) groups is 1. The Hall–Kier alpha value is -1.55. The number of rotatable bonds is 7. The molecule has 1 fully saturated rings. The molecule has 0 spiro atoms. The Morgan fingerprint density at radius 1 is 1.38 bits per heavy atom. The Labute approximate surface area is 145 Å². The summed E-state index contributed by atoms with van der Waals surface area (Å²) in [6.45, 7) is 9.51. The van der Waals surface area contributed by atoms with E-state index in [2.05, 4.69) is 19.2 Å². The molecule has 0 aliphatic heterocycles. The number of nitrogens with one attached hydrogen (secondary N) is 1. The molecule has 1 aliphatic rings. The van der Waals surface area contributed by atoms with Crippen molar-refractivity contribution in [1.29, 1.82) is 0 Å². The number of benzene rings is 1. The Kier molecular flexibility index (Phi) is 6.67. The summed E-state index contributed by atoms with van der Waals surface area (Å²) in [6, 6.07) is 5.80. The van der Waals surface area contributed by atoms with Crippen molar-refractivity contribution in [2.45, 2.75) is 65.4 Å². The first-order chi connectivity index (χ1) is 11.5. The van der Waals surface area contributed by atoms with Gasteiger partial charge in [0.25, 0.3) is 5.91 Å². The lowest BCUT2D eigenvalue weighted by Crippen LogP contribution is -2.48. The van der Waals surface area contributed by atoms with E-state index in [4.69, 9.17) is 9.47 Å². The molecule has 1 amide bonds. The third kappa shape index (κ3) is 4.50. The third-order valence-corrected chi connectivity index (χ3v) is 4.68. The Morgan fingerprint density at radius 3 is 2.79 bits per heavy atom. The lowest BCUT2D eigenvalue weighted by molar-refractivity contribution is -0.147. The van der Waals surface area contributed by atoms with E-state index in [1.54, 1.807) is 0 Å². The van der Waals surface area contributed by atoms with Crippen molar-refractivity contribution < 1.29 is 14.3 Å². The van der Waals surface area contributed by atoms with Gasteiger partial charge >= 0.3 is 0 Å². The molecule has 0 bridgehead atoms. The van der Waals surface area contributed by atoms with Gasteiger partial charge in [-0.1, -0.05) is 20.3 Å². The van der Waals surface area contributed by atoms with Crippen molar-refractivity contribution in [3.05, 3.63) is 23.8 Å². The molecular formula is C20H31NO3. The van der Waals surface area contributed by atoms with Crippen molar-refractivity contribution in [2.75, 3.05) is 18.5 Å². The number of hydrogen-bond donors (Lipinski definition) is 1. The molecule has 0 saturated heterocycles. The summed E-state index contributed by atoms with van der Waals surface area (Å²) in [5, 5.41) is 3.06. The summed E-state index contributed by atoms with van der Waals surface area (Å²) in [4.78, 5) is 12.9. The predicted octanol–water partition coefficient (Wildman–Crippen LogP) is 4.71. The first-order valence-electron chi connectivity index (χ1n) is 9.19. The molecule has 4 heteroatoms. The van der Waals surface area contributed by atoms with Crippen LogP contribution in [0.2, 0.25) is 0 Å². The zero-order valence-electron chi connectivity index (χ0n) is 15.5. The van der Waals surface area contributed by atoms with Crippen molar-refractivity contribution in [2.24, 2.45) is 5.92 Å². The van der Waals surface area contributed by atoms with Crippen LogP contribution >= 0.6 is 0 Å². The molecule has 1 saturated carbocycles. The summed E-state index contributed by atoms with van der Waals surface area (Å²) >= 11 is 0. The Morgan fingerprint density at radius 2 is 2.17 bits per heavy atom. The van der Waals surface area contributed by atoms with Gasteiger partial charge in [-0.25, -0.2) is 0 Å². The van der Waals surface area contributed by atoms with Gasteiger partial charge in [0.2, 0.25) is 0 Å². The number of carbonyl (C=O) groups excluding carboxylic acids is 1. The van der Waals surface area contributed by atoms with Crippen molar-refractivity contribution in [3.63, 3.8) is 0 Å². The van der Waals surface area contributed by atoms with E-state index in [-0.39, 0.29) is 5.91 Å². The molecule has 4 nitrogen and oxygen atoms in total. The first-order valence-corrected chi connectivity index (χ1v) is 9.19. The van der Waals surface area contributed by atoms with Crippen LogP contribution in [0.3, 0.4) is 0 Å². The van der Waals surface area contributed by atoms with Gasteiger partial charge in [-0.15, -0.1) is 0 Å². The average Bonchev–Trinajstić information content (AvgIpc) is 2.54. The van der Waals surface area contributed by atoms with Crippen molar-refractivity contribution in [1.82, 2.24) is 0 Å². The smallest absolute Gasteiger partial charge is 0.256 e. The standard InChI is InChI=1S/C20H31NO3/c1-5-12-23-18-10-9-17(13-16(18)4)21-19(22)20(24-6-2)11-7-8-15(3)14-20/h9-10,13,15H,5-8,11-12,14H2,1-4H3,(H,21,22)/t15-,20-/m0/s1. The summed E-state index contributed by atoms with van der Waals surface area (Å²) in [5.41, 5.74) is 1.15. The second kappa shape index (κ2) is 8.52. The van der Waals surface area contributed by atoms with Gasteiger partial charge < -0.3 is 14.8 Å². The monoisotopic (exact) mass is 333 g/mol. The maximum atomic E-state index is 12.9. The zero-order valence-corrected chi connectivity index (χ0v) is 15.5. The van der Waals surface area contributed by atoms with Gasteiger partial charge in [0.15, 0.2) is 0 Å². The van der Waals surface area contributed by atoms with Crippen LogP contribution in [0.15, 0.2) is 18.2 Å². The maximum Gasteiger partial charge on any atom is 0.256 e. The Balaban J connectivity index is 2.10. The number of aryl methyl sites for hydroxylation is 1. The highest BCUT2D eigenvalue weighted by atomic mass is 16.5. The minimum atomic E-state index is -0.683. The number of hydrogen-bond acceptors (Lipinski definition) is 3. The minimum absolute atomic E-state index is 0.0162. The normalized spacial score (nSPS) is 23.8. The van der Waals surface area contributed by atoms with Crippen molar-refractivity contribution >= 4 is 11.6 Å². The predicted molar refractivity (Wildman–Crippen MR) is 97.6 cm³/mol. The molecular weight excluding hydrogens is 302 g/mol. The van der Waals surface area contributed by atoms with Crippen LogP contribution in [0.4, 0.5) is 5.69 Å². The van der Waals surface area contributed by atoms with Crippen LogP contribution in [-0.4, -0.2) is 24.7 Å². The molecule has 2 rings (SSSR count). The Bertz CT molecular complexity index is 554. The highest BCUT2D eigenvalue weighted by Gasteiger charge is 2.42. The van der Waals surface area contributed by atoms with E-state index in [0.717, 1.165) is 42.7 Å². The number of amides is 1. The van der Waals surface area contributed by atoms with E-state index >= 15 is 0 Å². The van der Waals surface area contributed by atoms with Gasteiger partial charge in [-0.05, 0) is 69.2 Å². The lowest BCUT2D eigenvalue weighted by atomic mass is 9.78. The number of anilines is 1. The molecule has 1 aliphatic carbocycles. The van der Waals surface area contributed by atoms with Gasteiger partial charge in [0.1, 0.15) is 11.4 Å². The molecule has 24 heavy (non-hydrogen) atoms. The summed E-state index contributed by atoms with van der Waals surface area (Å²) < 4.78 is 11.6. The summed E-state index contributed by atoms with van der Waals surface area (Å²) in [5.74, 6) is 1.38. The van der Waals surface area contributed by atoms with Gasteiger partial charge in [0.05, 0.1) is 6.61 Å². The van der Waals surface area contributed by atoms with E-state index in [9.17, 15) is 4.79 Å². The number of ether oxygens (including phenoxy) is 2. The van der Waals surface area contributed by atoms with E-state index in [1.165, 1.54) is 6.42 Å². The van der Waals surface area contributed by atoms with Crippen molar-refractivity contribution in [3.8, 4) is 5.75 Å². The fourth-order valence-corrected chi connectivity index (χ4v) is 3.53. The lowest BCUT2D eigenvalue weighted by Gasteiger charge is -2.38. The SMILES string of the molecule is CCCOc1ccc(NC(=O)[C@]2(OCC)CCC[C@H](C)C2)cc1C. The topological polar surface area (TPSA) is 47.6 Å². The average molecular weight is 333 g/mol. The van der Waals surface area contributed by atoms with Crippen LogP contribution in [0, 0.1) is 12.8 Å². The first kappa shape index (κ1) is 18.8. The maximum absolute atomic E-state index is 12.9. The molecule has 0 unspecified atom stereocenters. The summed E-state index contributed by atoms with van der Waals surface area (Å²) in [7, 11) is 0. The minimum Gasteiger partial charge on any atom is -0.493 e. The third-order valence-electron chi connectivity index (χ3n) is 4.68. The highest BCUT2D eigenvalue weighted by molar-refractivity contribution is 5.97. The fourth-order valence-electron chi connectivity index (χ4n) is 3.53. The van der Waals surface area contributed by atoms with Crippen LogP contribution in [0.5, 0.6) is 5.75 Å². The van der Waals surface area contributed by atoms with E-state index in [1.807, 2.05) is 32.0 Å². The van der Waals surface area contributed by atoms with Crippen LogP contribution < -0.4 is 10.1 Å². The van der Waals surface area contributed by atoms with Crippen LogP contribution in [0.25, 0.3) is 0 Å². The van der Waals surface area contributed by atoms with Crippen LogP contribution in [-0.2, 0) is 9.53 Å². The molecule has 0 aromatic heterocycles. The zero-order chi connectivity index (χ0) is 17.6. The largest absolute Gasteiger partial charge is 0.493 e. The molecule has 0 heterocycles. The molecule has 1 aromatic carbocycles. The molecule has 0 radical (unpaired) electrons. The molecule has 1 N–H and O–H groups in total. The van der Waals surface area contributed by atoms with Crippen LogP contribution in [0.1, 0.15) is 58.4 Å². The second-order valence-corrected chi connectivity index (χ2v) is 6.91. The van der Waals surface area contributed by atoms with Gasteiger partial charge in [-0.3, -0.25) is 4.79 Å². The second-order valence-electron chi connectivity index (χ2n) is 6.91. The molecule has 134 valence electrons. The fraction of sp³-hybridized carbons (Fsp3) is 0.650.